The summed E-state index contributed by atoms with van der Waals surface area (Å²) in [4.78, 5) is 0. The molecule has 0 saturated heterocycles. The van der Waals surface area contributed by atoms with Crippen LogP contribution in [-0.4, -0.2) is 12.6 Å². The fourth-order valence-electron chi connectivity index (χ4n) is 1.75. The van der Waals surface area contributed by atoms with Crippen LogP contribution in [0.4, 0.5) is 5.69 Å². The van der Waals surface area contributed by atoms with E-state index in [2.05, 4.69) is 42.0 Å². The molecule has 4 heteroatoms. The number of nitrogens with one attached hydrogen (secondary N) is 1. The van der Waals surface area contributed by atoms with Crippen molar-refractivity contribution in [1.29, 1.82) is 0 Å². The molecule has 3 N–H and O–H groups in total. The van der Waals surface area contributed by atoms with E-state index in [0.717, 1.165) is 21.6 Å². The highest BCUT2D eigenvalue weighted by molar-refractivity contribution is 9.10. The van der Waals surface area contributed by atoms with Gasteiger partial charge in [0.1, 0.15) is 0 Å². The van der Waals surface area contributed by atoms with Crippen molar-refractivity contribution < 1.29 is 0 Å². The first-order valence-corrected chi connectivity index (χ1v) is 6.90. The second kappa shape index (κ2) is 6.07. The van der Waals surface area contributed by atoms with Crippen molar-refractivity contribution in [2.24, 2.45) is 11.1 Å². The van der Waals surface area contributed by atoms with Gasteiger partial charge in [0.15, 0.2) is 0 Å². The Kier molecular flexibility index (Phi) is 5.29. The summed E-state index contributed by atoms with van der Waals surface area (Å²) >= 11 is 9.37. The summed E-state index contributed by atoms with van der Waals surface area (Å²) in [5.41, 5.74) is 7.10. The molecule has 0 amide bonds. The molecule has 0 heterocycles. The number of anilines is 1. The summed E-state index contributed by atoms with van der Waals surface area (Å²) in [5, 5.41) is 4.16. The van der Waals surface area contributed by atoms with Crippen molar-refractivity contribution in [3.63, 3.8) is 0 Å². The highest BCUT2D eigenvalue weighted by atomic mass is 79.9. The fourth-order valence-corrected chi connectivity index (χ4v) is 2.25. The molecule has 1 atom stereocenters. The van der Waals surface area contributed by atoms with E-state index in [1.54, 1.807) is 0 Å². The molecule has 1 unspecified atom stereocenters. The standard InChI is InChI=1S/C13H20BrClN2/c1-13(2,3)7-10(8-16)17-9-4-5-12(15)11(14)6-9/h4-6,10,17H,7-8,16H2,1-3H3. The van der Waals surface area contributed by atoms with Gasteiger partial charge in [-0.3, -0.25) is 0 Å². The van der Waals surface area contributed by atoms with Crippen LogP contribution in [0.25, 0.3) is 0 Å². The van der Waals surface area contributed by atoms with Crippen LogP contribution < -0.4 is 11.1 Å². The minimum Gasteiger partial charge on any atom is -0.381 e. The van der Waals surface area contributed by atoms with Gasteiger partial charge in [-0.1, -0.05) is 32.4 Å². The van der Waals surface area contributed by atoms with E-state index in [1.165, 1.54) is 0 Å². The molecule has 1 aromatic rings. The average molecular weight is 320 g/mol. The monoisotopic (exact) mass is 318 g/mol. The lowest BCUT2D eigenvalue weighted by Crippen LogP contribution is -2.32. The van der Waals surface area contributed by atoms with Crippen molar-refractivity contribution in [2.45, 2.75) is 33.2 Å². The molecule has 1 rings (SSSR count). The number of benzene rings is 1. The van der Waals surface area contributed by atoms with Gasteiger partial charge in [-0.05, 0) is 46.0 Å². The van der Waals surface area contributed by atoms with Crippen LogP contribution in [0, 0.1) is 5.41 Å². The molecular formula is C13H20BrClN2. The molecule has 0 aliphatic rings. The minimum atomic E-state index is 0.265. The third kappa shape index (κ3) is 5.28. The number of hydrogen-bond acceptors (Lipinski definition) is 2. The third-order valence-electron chi connectivity index (χ3n) is 2.43. The van der Waals surface area contributed by atoms with Crippen LogP contribution in [0.2, 0.25) is 5.02 Å². The SMILES string of the molecule is CC(C)(C)CC(CN)Nc1ccc(Cl)c(Br)c1. The van der Waals surface area contributed by atoms with Crippen LogP contribution in [0.1, 0.15) is 27.2 Å². The Balaban J connectivity index is 2.70. The van der Waals surface area contributed by atoms with Gasteiger partial charge >= 0.3 is 0 Å². The van der Waals surface area contributed by atoms with Crippen molar-refractivity contribution >= 4 is 33.2 Å². The van der Waals surface area contributed by atoms with Gasteiger partial charge in [0, 0.05) is 22.7 Å². The zero-order valence-electron chi connectivity index (χ0n) is 10.6. The topological polar surface area (TPSA) is 38.0 Å². The zero-order chi connectivity index (χ0) is 13.1. The number of nitrogens with two attached hydrogens (primary N) is 1. The summed E-state index contributed by atoms with van der Waals surface area (Å²) in [6, 6.07) is 6.10. The molecular weight excluding hydrogens is 300 g/mol. The van der Waals surface area contributed by atoms with Crippen LogP contribution in [0.5, 0.6) is 0 Å². The Bertz CT molecular complexity index is 374. The van der Waals surface area contributed by atoms with Crippen LogP contribution in [0.3, 0.4) is 0 Å². The predicted octanol–water partition coefficient (Wildman–Crippen LogP) is 4.28. The Hall–Kier alpha value is -0.250. The quantitative estimate of drug-likeness (QED) is 0.869. The van der Waals surface area contributed by atoms with Gasteiger partial charge < -0.3 is 11.1 Å². The Morgan fingerprint density at radius 1 is 1.41 bits per heavy atom. The largest absolute Gasteiger partial charge is 0.381 e. The Morgan fingerprint density at radius 3 is 2.53 bits per heavy atom. The molecule has 0 aliphatic heterocycles. The van der Waals surface area contributed by atoms with E-state index in [9.17, 15) is 0 Å². The third-order valence-corrected chi connectivity index (χ3v) is 3.65. The van der Waals surface area contributed by atoms with Crippen LogP contribution >= 0.6 is 27.5 Å². The van der Waals surface area contributed by atoms with E-state index in [4.69, 9.17) is 17.3 Å². The second-order valence-electron chi connectivity index (χ2n) is 5.47. The van der Waals surface area contributed by atoms with E-state index < -0.39 is 0 Å². The lowest BCUT2D eigenvalue weighted by atomic mass is 9.88. The lowest BCUT2D eigenvalue weighted by Gasteiger charge is -2.26. The van der Waals surface area contributed by atoms with Gasteiger partial charge in [0.25, 0.3) is 0 Å². The molecule has 0 radical (unpaired) electrons. The van der Waals surface area contributed by atoms with Gasteiger partial charge in [0.05, 0.1) is 5.02 Å². The van der Waals surface area contributed by atoms with E-state index in [-0.39, 0.29) is 11.5 Å². The smallest absolute Gasteiger partial charge is 0.0549 e. The fraction of sp³-hybridized carbons (Fsp3) is 0.538. The summed E-state index contributed by atoms with van der Waals surface area (Å²) in [5.74, 6) is 0. The molecule has 0 fully saturated rings. The van der Waals surface area contributed by atoms with Gasteiger partial charge in [-0.2, -0.15) is 0 Å². The maximum Gasteiger partial charge on any atom is 0.0549 e. The zero-order valence-corrected chi connectivity index (χ0v) is 12.9. The average Bonchev–Trinajstić information content (AvgIpc) is 2.20. The van der Waals surface area contributed by atoms with Crippen molar-refractivity contribution in [1.82, 2.24) is 0 Å². The summed E-state index contributed by atoms with van der Waals surface area (Å²) in [6.07, 6.45) is 1.03. The van der Waals surface area contributed by atoms with Crippen molar-refractivity contribution in [2.75, 3.05) is 11.9 Å². The first-order chi connectivity index (χ1) is 7.81. The molecule has 2 nitrogen and oxygen atoms in total. The van der Waals surface area contributed by atoms with Gasteiger partial charge in [-0.25, -0.2) is 0 Å². The number of hydrogen-bond donors (Lipinski definition) is 2. The van der Waals surface area contributed by atoms with Gasteiger partial charge in [-0.15, -0.1) is 0 Å². The molecule has 0 aliphatic carbocycles. The normalized spacial score (nSPS) is 13.5. The van der Waals surface area contributed by atoms with Crippen molar-refractivity contribution in [3.8, 4) is 0 Å². The number of rotatable bonds is 4. The Labute approximate surface area is 117 Å². The van der Waals surface area contributed by atoms with Gasteiger partial charge in [0.2, 0.25) is 0 Å². The maximum atomic E-state index is 5.96. The molecule has 17 heavy (non-hydrogen) atoms. The van der Waals surface area contributed by atoms with Crippen LogP contribution in [0.15, 0.2) is 22.7 Å². The maximum absolute atomic E-state index is 5.96. The first-order valence-electron chi connectivity index (χ1n) is 5.73. The molecule has 0 bridgehead atoms. The second-order valence-corrected chi connectivity index (χ2v) is 6.73. The summed E-state index contributed by atoms with van der Waals surface area (Å²) in [7, 11) is 0. The minimum absolute atomic E-state index is 0.265. The van der Waals surface area contributed by atoms with Crippen LogP contribution in [-0.2, 0) is 0 Å². The molecule has 0 spiro atoms. The van der Waals surface area contributed by atoms with Crippen molar-refractivity contribution in [3.05, 3.63) is 27.7 Å². The molecule has 1 aromatic carbocycles. The van der Waals surface area contributed by atoms with E-state index >= 15 is 0 Å². The summed E-state index contributed by atoms with van der Waals surface area (Å²) < 4.78 is 0.899. The molecule has 0 saturated carbocycles. The lowest BCUT2D eigenvalue weighted by molar-refractivity contribution is 0.351. The Morgan fingerprint density at radius 2 is 2.06 bits per heavy atom. The van der Waals surface area contributed by atoms with E-state index in [1.807, 2.05) is 18.2 Å². The first kappa shape index (κ1) is 14.8. The predicted molar refractivity (Wildman–Crippen MR) is 79.7 cm³/mol. The summed E-state index contributed by atoms with van der Waals surface area (Å²) in [6.45, 7) is 7.27. The highest BCUT2D eigenvalue weighted by Crippen LogP contribution is 2.27. The molecule has 0 aromatic heterocycles. The van der Waals surface area contributed by atoms with E-state index in [0.29, 0.717) is 6.54 Å². The molecule has 96 valence electrons. The number of halogens is 2. The highest BCUT2D eigenvalue weighted by Gasteiger charge is 2.17.